The predicted octanol–water partition coefficient (Wildman–Crippen LogP) is 13.5. The van der Waals surface area contributed by atoms with Gasteiger partial charge in [0.15, 0.2) is 11.2 Å². The lowest BCUT2D eigenvalue weighted by atomic mass is 9.81. The predicted molar refractivity (Wildman–Crippen MR) is 243 cm³/mol. The fraction of sp³-hybridized carbons (Fsp3) is 0.296. The molecule has 0 aromatic heterocycles. The maximum absolute atomic E-state index is 7.33. The van der Waals surface area contributed by atoms with Crippen LogP contribution in [0.2, 0.25) is 0 Å². The van der Waals surface area contributed by atoms with Crippen LogP contribution in [-0.4, -0.2) is 27.4 Å². The summed E-state index contributed by atoms with van der Waals surface area (Å²) in [5.41, 5.74) is 3.90. The van der Waals surface area contributed by atoms with Gasteiger partial charge in [0.25, 0.3) is 0 Å². The highest BCUT2D eigenvalue weighted by Gasteiger charge is 2.42. The molecule has 0 amide bonds. The molecule has 2 aliphatic rings. The van der Waals surface area contributed by atoms with Crippen LogP contribution in [-0.2, 0) is 11.2 Å². The molecule has 0 N–H and O–H groups in total. The van der Waals surface area contributed by atoms with Crippen molar-refractivity contribution < 1.29 is 28.4 Å². The van der Waals surface area contributed by atoms with Crippen LogP contribution < -0.4 is 28.4 Å². The number of unbranched alkanes of at least 4 members (excludes halogenated alkanes) is 6. The summed E-state index contributed by atoms with van der Waals surface area (Å²) in [7, 11) is 3.38. The van der Waals surface area contributed by atoms with Gasteiger partial charge in [-0.15, -0.1) is 0 Å². The van der Waals surface area contributed by atoms with E-state index in [1.807, 2.05) is 36.4 Å². The minimum Gasteiger partial charge on any atom is -0.497 e. The van der Waals surface area contributed by atoms with E-state index in [9.17, 15) is 0 Å². The Balaban J connectivity index is 1.23. The van der Waals surface area contributed by atoms with Gasteiger partial charge in [0.2, 0.25) is 0 Å². The normalized spacial score (nSPS) is 17.6. The first-order valence-corrected chi connectivity index (χ1v) is 21.6. The minimum atomic E-state index is -0.960. The Hall–Kier alpha value is -6.14. The topological polar surface area (TPSA) is 55.4 Å². The van der Waals surface area contributed by atoms with Crippen molar-refractivity contribution in [2.24, 2.45) is 0 Å². The molecular formula is C54H56O6. The van der Waals surface area contributed by atoms with Crippen molar-refractivity contribution in [1.82, 2.24) is 0 Å². The third kappa shape index (κ3) is 7.95. The van der Waals surface area contributed by atoms with Gasteiger partial charge in [-0.3, -0.25) is 0 Å². The molecule has 2 unspecified atom stereocenters. The van der Waals surface area contributed by atoms with Gasteiger partial charge in [-0.25, -0.2) is 0 Å². The van der Waals surface area contributed by atoms with Gasteiger partial charge >= 0.3 is 0 Å². The van der Waals surface area contributed by atoms with Crippen molar-refractivity contribution >= 4 is 22.9 Å². The van der Waals surface area contributed by atoms with Crippen LogP contribution >= 0.6 is 0 Å². The fourth-order valence-corrected chi connectivity index (χ4v) is 8.58. The second-order valence-corrected chi connectivity index (χ2v) is 15.7. The molecule has 0 radical (unpaired) electrons. The van der Waals surface area contributed by atoms with Gasteiger partial charge in [-0.1, -0.05) is 125 Å². The molecule has 0 aliphatic carbocycles. The van der Waals surface area contributed by atoms with Crippen molar-refractivity contribution in [3.63, 3.8) is 0 Å². The number of hydrogen-bond acceptors (Lipinski definition) is 6. The van der Waals surface area contributed by atoms with Gasteiger partial charge < -0.3 is 28.4 Å². The van der Waals surface area contributed by atoms with Crippen molar-refractivity contribution in [2.45, 2.75) is 76.4 Å². The Labute approximate surface area is 355 Å². The number of rotatable bonds is 18. The van der Waals surface area contributed by atoms with E-state index in [1.54, 1.807) is 14.2 Å². The number of benzene rings is 6. The lowest BCUT2D eigenvalue weighted by Crippen LogP contribution is -2.35. The maximum atomic E-state index is 7.33. The molecular weight excluding hydrogens is 745 g/mol. The SMILES string of the molecule is CCCCCCOc1cc(OC)ccc1C1(c2ccccc2)C=Cc2c(ccc3ccc4c(c23)C=CC(c2ccccc2)(c2ccc(OC)cc2OCCCCCC)O4)O1. The summed E-state index contributed by atoms with van der Waals surface area (Å²) in [6.07, 6.45) is 17.7. The standard InChI is InChI=1S/C54H56O6/c1-5-7-9-17-35-57-50-37-42(55-3)25-27-46(50)53(40-19-13-11-14-20-40)33-31-44-48(59-53)29-23-39-24-30-49-45(52(39)44)32-34-54(60-49,41-21-15-12-16-22-41)47-28-26-43(56-4)38-51(47)58-36-18-10-8-6-2/h11-16,19-34,37-38H,5-10,17-18,35-36H2,1-4H3. The highest BCUT2D eigenvalue weighted by molar-refractivity contribution is 6.02. The summed E-state index contributed by atoms with van der Waals surface area (Å²) in [5, 5.41) is 2.15. The summed E-state index contributed by atoms with van der Waals surface area (Å²) < 4.78 is 39.2. The molecule has 2 heterocycles. The summed E-state index contributed by atoms with van der Waals surface area (Å²) in [5.74, 6) is 4.52. The average Bonchev–Trinajstić information content (AvgIpc) is 3.31. The van der Waals surface area contributed by atoms with Crippen molar-refractivity contribution in [3.05, 3.63) is 167 Å². The van der Waals surface area contributed by atoms with Crippen molar-refractivity contribution in [1.29, 1.82) is 0 Å². The highest BCUT2D eigenvalue weighted by atomic mass is 16.5. The van der Waals surface area contributed by atoms with E-state index in [0.29, 0.717) is 13.2 Å². The molecule has 0 saturated carbocycles. The van der Waals surface area contributed by atoms with Gasteiger partial charge in [0.1, 0.15) is 34.5 Å². The smallest absolute Gasteiger partial charge is 0.181 e. The molecule has 308 valence electrons. The monoisotopic (exact) mass is 800 g/mol. The van der Waals surface area contributed by atoms with E-state index in [1.165, 1.54) is 25.7 Å². The van der Waals surface area contributed by atoms with Crippen molar-refractivity contribution in [3.8, 4) is 34.5 Å². The average molecular weight is 801 g/mol. The van der Waals surface area contributed by atoms with E-state index in [-0.39, 0.29) is 0 Å². The van der Waals surface area contributed by atoms with Gasteiger partial charge in [0, 0.05) is 50.9 Å². The second kappa shape index (κ2) is 18.4. The molecule has 8 rings (SSSR count). The Morgan fingerprint density at radius 1 is 0.483 bits per heavy atom. The molecule has 6 aromatic rings. The zero-order valence-electron chi connectivity index (χ0n) is 35.4. The zero-order valence-corrected chi connectivity index (χ0v) is 35.4. The van der Waals surface area contributed by atoms with Gasteiger partial charge in [-0.05, 0) is 78.9 Å². The quantitative estimate of drug-likeness (QED) is 0.0807. The zero-order chi connectivity index (χ0) is 41.4. The molecule has 6 aromatic carbocycles. The third-order valence-electron chi connectivity index (χ3n) is 11.8. The maximum Gasteiger partial charge on any atom is 0.181 e. The lowest BCUT2D eigenvalue weighted by molar-refractivity contribution is 0.154. The van der Waals surface area contributed by atoms with Crippen LogP contribution in [0.15, 0.2) is 133 Å². The highest BCUT2D eigenvalue weighted by Crippen LogP contribution is 2.51. The van der Waals surface area contributed by atoms with Crippen LogP contribution in [0.5, 0.6) is 34.5 Å². The van der Waals surface area contributed by atoms with Crippen molar-refractivity contribution in [2.75, 3.05) is 27.4 Å². The van der Waals surface area contributed by atoms with E-state index in [4.69, 9.17) is 28.4 Å². The third-order valence-corrected chi connectivity index (χ3v) is 11.8. The van der Waals surface area contributed by atoms with E-state index < -0.39 is 11.2 Å². The molecule has 0 spiro atoms. The van der Waals surface area contributed by atoms with Crippen LogP contribution in [0.1, 0.15) is 98.6 Å². The Kier molecular flexibility index (Phi) is 12.5. The molecule has 0 fully saturated rings. The summed E-state index contributed by atoms with van der Waals surface area (Å²) in [6, 6.07) is 41.3. The molecule has 2 atom stereocenters. The molecule has 2 aliphatic heterocycles. The lowest BCUT2D eigenvalue weighted by Gasteiger charge is -2.38. The largest absolute Gasteiger partial charge is 0.497 e. The molecule has 6 nitrogen and oxygen atoms in total. The Bertz CT molecular complexity index is 2290. The number of methoxy groups -OCH3 is 2. The van der Waals surface area contributed by atoms with Crippen LogP contribution in [0.25, 0.3) is 22.9 Å². The van der Waals surface area contributed by atoms with Gasteiger partial charge in [0.05, 0.1) is 27.4 Å². The van der Waals surface area contributed by atoms with Gasteiger partial charge in [-0.2, -0.15) is 0 Å². The fourth-order valence-electron chi connectivity index (χ4n) is 8.58. The Morgan fingerprint density at radius 2 is 0.933 bits per heavy atom. The number of fused-ring (bicyclic) bond motifs is 5. The summed E-state index contributed by atoms with van der Waals surface area (Å²) >= 11 is 0. The van der Waals surface area contributed by atoms with Crippen LogP contribution in [0.3, 0.4) is 0 Å². The Morgan fingerprint density at radius 3 is 1.35 bits per heavy atom. The first kappa shape index (κ1) is 40.6. The van der Waals surface area contributed by atoms with E-state index >= 15 is 0 Å². The van der Waals surface area contributed by atoms with E-state index in [2.05, 4.69) is 123 Å². The number of ether oxygens (including phenoxy) is 6. The molecule has 6 heteroatoms. The summed E-state index contributed by atoms with van der Waals surface area (Å²) in [6.45, 7) is 5.67. The van der Waals surface area contributed by atoms with Crippen LogP contribution in [0.4, 0.5) is 0 Å². The van der Waals surface area contributed by atoms with Crippen LogP contribution in [0, 0.1) is 0 Å². The number of hydrogen-bond donors (Lipinski definition) is 0. The molecule has 0 saturated heterocycles. The first-order valence-electron chi connectivity index (χ1n) is 21.6. The first-order chi connectivity index (χ1) is 29.5. The molecule has 60 heavy (non-hydrogen) atoms. The summed E-state index contributed by atoms with van der Waals surface area (Å²) in [4.78, 5) is 0. The minimum absolute atomic E-state index is 0.613. The second-order valence-electron chi connectivity index (χ2n) is 15.7. The van der Waals surface area contributed by atoms with E-state index in [0.717, 1.165) is 104 Å². The molecule has 0 bridgehead atoms.